The second kappa shape index (κ2) is 7.05. The van der Waals surface area contributed by atoms with Crippen molar-refractivity contribution in [2.24, 2.45) is 5.92 Å². The molecule has 1 aliphatic rings. The van der Waals surface area contributed by atoms with Crippen LogP contribution in [0.5, 0.6) is 0 Å². The van der Waals surface area contributed by atoms with Crippen LogP contribution >= 0.6 is 11.6 Å². The number of hydrogen-bond acceptors (Lipinski definition) is 3. The van der Waals surface area contributed by atoms with Gasteiger partial charge >= 0.3 is 0 Å². The third kappa shape index (κ3) is 3.59. The Balaban J connectivity index is 1.64. The van der Waals surface area contributed by atoms with Crippen LogP contribution in [0.4, 0.5) is 10.1 Å². The predicted octanol–water partition coefficient (Wildman–Crippen LogP) is 3.56. The van der Waals surface area contributed by atoms with Gasteiger partial charge in [0.2, 0.25) is 5.91 Å². The van der Waals surface area contributed by atoms with Gasteiger partial charge in [-0.2, -0.15) is 0 Å². The van der Waals surface area contributed by atoms with Crippen LogP contribution in [0, 0.1) is 11.7 Å². The molecule has 126 valence electrons. The minimum Gasteiger partial charge on any atom is -0.459 e. The number of hydrogen-bond donors (Lipinski definition) is 1. The number of anilines is 1. The number of benzene rings is 1. The Labute approximate surface area is 143 Å². The summed E-state index contributed by atoms with van der Waals surface area (Å²) in [4.78, 5) is 26.3. The van der Waals surface area contributed by atoms with E-state index in [1.807, 2.05) is 0 Å². The molecule has 1 fully saturated rings. The van der Waals surface area contributed by atoms with Crippen molar-refractivity contribution in [3.8, 4) is 0 Å². The largest absolute Gasteiger partial charge is 0.459 e. The zero-order valence-corrected chi connectivity index (χ0v) is 13.6. The van der Waals surface area contributed by atoms with E-state index < -0.39 is 5.82 Å². The van der Waals surface area contributed by atoms with Crippen molar-refractivity contribution in [2.45, 2.75) is 12.8 Å². The second-order valence-corrected chi connectivity index (χ2v) is 6.09. The quantitative estimate of drug-likeness (QED) is 0.920. The van der Waals surface area contributed by atoms with Crippen LogP contribution in [-0.2, 0) is 4.79 Å². The van der Waals surface area contributed by atoms with Gasteiger partial charge in [0.25, 0.3) is 5.91 Å². The molecular weight excluding hydrogens is 335 g/mol. The van der Waals surface area contributed by atoms with E-state index in [4.69, 9.17) is 16.0 Å². The highest BCUT2D eigenvalue weighted by molar-refractivity contribution is 6.31. The minimum absolute atomic E-state index is 0.0499. The van der Waals surface area contributed by atoms with Crippen LogP contribution in [0.25, 0.3) is 0 Å². The average molecular weight is 351 g/mol. The second-order valence-electron chi connectivity index (χ2n) is 5.69. The molecule has 0 radical (unpaired) electrons. The number of carbonyl (C=O) groups excluding carboxylic acids is 2. The van der Waals surface area contributed by atoms with Gasteiger partial charge in [-0.3, -0.25) is 9.59 Å². The molecule has 1 N–H and O–H groups in total. The number of amides is 2. The molecule has 3 rings (SSSR count). The normalized spacial score (nSPS) is 17.6. The van der Waals surface area contributed by atoms with E-state index in [1.165, 1.54) is 24.5 Å². The maximum atomic E-state index is 13.2. The van der Waals surface area contributed by atoms with Crippen LogP contribution in [0.1, 0.15) is 23.4 Å². The Bertz CT molecular complexity index is 748. The van der Waals surface area contributed by atoms with Gasteiger partial charge in [-0.1, -0.05) is 11.6 Å². The molecule has 0 unspecified atom stereocenters. The van der Waals surface area contributed by atoms with Gasteiger partial charge < -0.3 is 14.6 Å². The van der Waals surface area contributed by atoms with Crippen molar-refractivity contribution in [3.05, 3.63) is 53.2 Å². The molecule has 2 aromatic rings. The lowest BCUT2D eigenvalue weighted by atomic mass is 9.96. The summed E-state index contributed by atoms with van der Waals surface area (Å²) in [6.45, 7) is 0.909. The molecule has 7 heteroatoms. The van der Waals surface area contributed by atoms with Crippen molar-refractivity contribution in [3.63, 3.8) is 0 Å². The number of likely N-dealkylation sites (tertiary alicyclic amines) is 1. The van der Waals surface area contributed by atoms with Crippen LogP contribution in [0.15, 0.2) is 41.0 Å². The summed E-state index contributed by atoms with van der Waals surface area (Å²) in [7, 11) is 0. The van der Waals surface area contributed by atoms with E-state index in [2.05, 4.69) is 5.32 Å². The first kappa shape index (κ1) is 16.5. The summed E-state index contributed by atoms with van der Waals surface area (Å²) in [5.74, 6) is -1.04. The molecule has 0 aliphatic carbocycles. The summed E-state index contributed by atoms with van der Waals surface area (Å²) in [6, 6.07) is 7.27. The lowest BCUT2D eigenvalue weighted by Gasteiger charge is -2.31. The Morgan fingerprint density at radius 3 is 2.88 bits per heavy atom. The van der Waals surface area contributed by atoms with Crippen LogP contribution in [0.2, 0.25) is 5.02 Å². The van der Waals surface area contributed by atoms with E-state index >= 15 is 0 Å². The summed E-state index contributed by atoms with van der Waals surface area (Å²) in [6.07, 6.45) is 2.86. The van der Waals surface area contributed by atoms with Gasteiger partial charge in [-0.15, -0.1) is 0 Å². The van der Waals surface area contributed by atoms with Gasteiger partial charge in [0.15, 0.2) is 5.76 Å². The van der Waals surface area contributed by atoms with Crippen molar-refractivity contribution in [2.75, 3.05) is 18.4 Å². The Hall–Kier alpha value is -2.34. The number of furan rings is 1. The monoisotopic (exact) mass is 350 g/mol. The lowest BCUT2D eigenvalue weighted by molar-refractivity contribution is -0.121. The molecule has 1 aliphatic heterocycles. The fourth-order valence-electron chi connectivity index (χ4n) is 2.75. The van der Waals surface area contributed by atoms with Crippen molar-refractivity contribution in [1.29, 1.82) is 0 Å². The Kier molecular flexibility index (Phi) is 4.85. The van der Waals surface area contributed by atoms with Crippen molar-refractivity contribution < 1.29 is 18.4 Å². The lowest BCUT2D eigenvalue weighted by Crippen LogP contribution is -2.43. The number of rotatable bonds is 3. The van der Waals surface area contributed by atoms with E-state index in [-0.39, 0.29) is 28.5 Å². The summed E-state index contributed by atoms with van der Waals surface area (Å²) < 4.78 is 18.3. The molecule has 2 amide bonds. The van der Waals surface area contributed by atoms with Crippen molar-refractivity contribution >= 4 is 29.1 Å². The van der Waals surface area contributed by atoms with Gasteiger partial charge in [0.1, 0.15) is 5.82 Å². The predicted molar refractivity (Wildman–Crippen MR) is 87.4 cm³/mol. The first-order chi connectivity index (χ1) is 11.5. The standard InChI is InChI=1S/C17H16ClFN2O3/c18-13-9-12(5-6-14(13)19)20-16(22)11-3-1-7-21(10-11)17(23)15-4-2-8-24-15/h2,4-6,8-9,11H,1,3,7,10H2,(H,20,22)/t11-/m0/s1. The van der Waals surface area contributed by atoms with Crippen LogP contribution in [0.3, 0.4) is 0 Å². The van der Waals surface area contributed by atoms with Gasteiger partial charge in [-0.25, -0.2) is 4.39 Å². The summed E-state index contributed by atoms with van der Waals surface area (Å²) >= 11 is 5.72. The highest BCUT2D eigenvalue weighted by Gasteiger charge is 2.30. The van der Waals surface area contributed by atoms with E-state index in [1.54, 1.807) is 17.0 Å². The molecule has 24 heavy (non-hydrogen) atoms. The highest BCUT2D eigenvalue weighted by atomic mass is 35.5. The van der Waals surface area contributed by atoms with E-state index in [0.717, 1.165) is 6.42 Å². The maximum absolute atomic E-state index is 13.2. The zero-order chi connectivity index (χ0) is 17.1. The van der Waals surface area contributed by atoms with E-state index in [9.17, 15) is 14.0 Å². The van der Waals surface area contributed by atoms with Crippen LogP contribution < -0.4 is 5.32 Å². The molecule has 0 spiro atoms. The first-order valence-electron chi connectivity index (χ1n) is 7.63. The number of halogens is 2. The number of carbonyl (C=O) groups is 2. The minimum atomic E-state index is -0.539. The fourth-order valence-corrected chi connectivity index (χ4v) is 2.93. The summed E-state index contributed by atoms with van der Waals surface area (Å²) in [5.41, 5.74) is 0.431. The smallest absolute Gasteiger partial charge is 0.289 e. The zero-order valence-electron chi connectivity index (χ0n) is 12.8. The molecule has 1 saturated heterocycles. The highest BCUT2D eigenvalue weighted by Crippen LogP contribution is 2.23. The number of nitrogens with zero attached hydrogens (tertiary/aromatic N) is 1. The Morgan fingerprint density at radius 1 is 1.33 bits per heavy atom. The van der Waals surface area contributed by atoms with Crippen molar-refractivity contribution in [1.82, 2.24) is 4.90 Å². The van der Waals surface area contributed by atoms with Gasteiger partial charge in [-0.05, 0) is 43.2 Å². The molecule has 2 heterocycles. The molecule has 5 nitrogen and oxygen atoms in total. The summed E-state index contributed by atoms with van der Waals surface area (Å²) in [5, 5.41) is 2.67. The van der Waals surface area contributed by atoms with Gasteiger partial charge in [0.05, 0.1) is 17.2 Å². The SMILES string of the molecule is O=C(Nc1ccc(F)c(Cl)c1)[C@H]1CCCN(C(=O)c2ccco2)C1. The maximum Gasteiger partial charge on any atom is 0.289 e. The van der Waals surface area contributed by atoms with Crippen LogP contribution in [-0.4, -0.2) is 29.8 Å². The third-order valence-corrected chi connectivity index (χ3v) is 4.29. The number of nitrogens with one attached hydrogen (secondary N) is 1. The third-order valence-electron chi connectivity index (χ3n) is 4.00. The molecule has 0 bridgehead atoms. The molecule has 1 atom stereocenters. The first-order valence-corrected chi connectivity index (χ1v) is 8.01. The molecule has 1 aromatic heterocycles. The molecular formula is C17H16ClFN2O3. The Morgan fingerprint density at radius 2 is 2.17 bits per heavy atom. The molecule has 0 saturated carbocycles. The average Bonchev–Trinajstić information content (AvgIpc) is 3.12. The number of piperidine rings is 1. The molecule has 1 aromatic carbocycles. The van der Waals surface area contributed by atoms with Gasteiger partial charge in [0, 0.05) is 18.8 Å². The fraction of sp³-hybridized carbons (Fsp3) is 0.294. The topological polar surface area (TPSA) is 62.6 Å². The van der Waals surface area contributed by atoms with E-state index in [0.29, 0.717) is 25.2 Å².